The van der Waals surface area contributed by atoms with E-state index < -0.39 is 23.1 Å². The molecular formula is C14H15F4NO. The monoisotopic (exact) mass is 289 g/mol. The average Bonchev–Trinajstić information content (AvgIpc) is 2.73. The molecule has 2 rings (SSSR count). The lowest BCUT2D eigenvalue weighted by atomic mass is 9.85. The van der Waals surface area contributed by atoms with Gasteiger partial charge in [0, 0.05) is 12.0 Å². The number of amides is 1. The number of rotatable bonds is 3. The summed E-state index contributed by atoms with van der Waals surface area (Å²) in [4.78, 5) is 11.4. The molecular weight excluding hydrogens is 274 g/mol. The molecule has 0 aromatic heterocycles. The van der Waals surface area contributed by atoms with Crippen molar-refractivity contribution in [3.8, 4) is 0 Å². The Hall–Kier alpha value is -1.59. The Morgan fingerprint density at radius 2 is 2.05 bits per heavy atom. The second kappa shape index (κ2) is 5.07. The van der Waals surface area contributed by atoms with Gasteiger partial charge in [0.1, 0.15) is 5.82 Å². The molecule has 0 saturated carbocycles. The maximum Gasteiger partial charge on any atom is 0.416 e. The number of nitrogens with one attached hydrogen (secondary N) is 1. The van der Waals surface area contributed by atoms with Gasteiger partial charge in [-0.15, -0.1) is 0 Å². The van der Waals surface area contributed by atoms with E-state index in [1.54, 1.807) is 0 Å². The lowest BCUT2D eigenvalue weighted by Gasteiger charge is -2.29. The second-order valence-corrected chi connectivity index (χ2v) is 5.16. The van der Waals surface area contributed by atoms with Crippen molar-refractivity contribution in [2.24, 2.45) is 0 Å². The molecule has 1 fully saturated rings. The summed E-state index contributed by atoms with van der Waals surface area (Å²) < 4.78 is 51.9. The third-order valence-corrected chi connectivity index (χ3v) is 3.82. The molecule has 6 heteroatoms. The summed E-state index contributed by atoms with van der Waals surface area (Å²) >= 11 is 0. The van der Waals surface area contributed by atoms with Crippen LogP contribution in [0.3, 0.4) is 0 Å². The molecule has 110 valence electrons. The van der Waals surface area contributed by atoms with Crippen molar-refractivity contribution in [2.75, 3.05) is 0 Å². The first kappa shape index (κ1) is 14.8. The van der Waals surface area contributed by atoms with E-state index in [2.05, 4.69) is 5.32 Å². The lowest BCUT2D eigenvalue weighted by Crippen LogP contribution is -2.43. The molecule has 1 aliphatic heterocycles. The van der Waals surface area contributed by atoms with Crippen LogP contribution in [0.1, 0.15) is 37.3 Å². The Kier molecular flexibility index (Phi) is 3.75. The zero-order chi connectivity index (χ0) is 15.0. The highest BCUT2D eigenvalue weighted by atomic mass is 19.4. The van der Waals surface area contributed by atoms with Gasteiger partial charge in [0.2, 0.25) is 5.91 Å². The van der Waals surface area contributed by atoms with Crippen LogP contribution in [0.15, 0.2) is 18.2 Å². The third-order valence-electron chi connectivity index (χ3n) is 3.82. The highest BCUT2D eigenvalue weighted by molar-refractivity contribution is 5.79. The van der Waals surface area contributed by atoms with E-state index in [4.69, 9.17) is 0 Å². The third kappa shape index (κ3) is 2.94. The fourth-order valence-electron chi connectivity index (χ4n) is 2.63. The normalized spacial score (nSPS) is 22.9. The minimum absolute atomic E-state index is 0.0166. The molecule has 0 spiro atoms. The Morgan fingerprint density at radius 3 is 2.55 bits per heavy atom. The molecule has 1 saturated heterocycles. The number of carbonyl (C=O) groups excluding carboxylic acids is 1. The number of carbonyl (C=O) groups is 1. The Balaban J connectivity index is 2.36. The van der Waals surface area contributed by atoms with E-state index in [-0.39, 0.29) is 17.9 Å². The Bertz CT molecular complexity index is 526. The minimum Gasteiger partial charge on any atom is -0.350 e. The summed E-state index contributed by atoms with van der Waals surface area (Å²) in [5.74, 6) is -1.07. The topological polar surface area (TPSA) is 29.1 Å². The fourth-order valence-corrected chi connectivity index (χ4v) is 2.63. The molecule has 1 aromatic carbocycles. The molecule has 0 radical (unpaired) electrons. The van der Waals surface area contributed by atoms with Crippen molar-refractivity contribution in [3.63, 3.8) is 0 Å². The van der Waals surface area contributed by atoms with Crippen LogP contribution in [0.2, 0.25) is 0 Å². The van der Waals surface area contributed by atoms with Crippen molar-refractivity contribution < 1.29 is 22.4 Å². The van der Waals surface area contributed by atoms with Gasteiger partial charge in [-0.3, -0.25) is 4.79 Å². The molecule has 1 unspecified atom stereocenters. The SMILES string of the molecule is CCC1(Cc2ccc(F)cc2C(F)(F)F)CCC(=O)N1. The number of benzene rings is 1. The van der Waals surface area contributed by atoms with Crippen LogP contribution in [0.5, 0.6) is 0 Å². The van der Waals surface area contributed by atoms with Crippen LogP contribution in [0, 0.1) is 5.82 Å². The number of halogens is 4. The number of hydrogen-bond acceptors (Lipinski definition) is 1. The molecule has 1 aliphatic rings. The van der Waals surface area contributed by atoms with Gasteiger partial charge >= 0.3 is 6.18 Å². The van der Waals surface area contributed by atoms with E-state index >= 15 is 0 Å². The van der Waals surface area contributed by atoms with Gasteiger partial charge < -0.3 is 5.32 Å². The Morgan fingerprint density at radius 1 is 1.35 bits per heavy atom. The van der Waals surface area contributed by atoms with Crippen molar-refractivity contribution in [2.45, 2.75) is 44.3 Å². The number of alkyl halides is 3. The molecule has 1 heterocycles. The van der Waals surface area contributed by atoms with Gasteiger partial charge in [-0.25, -0.2) is 4.39 Å². The maximum absolute atomic E-state index is 13.1. The standard InChI is InChI=1S/C14H15F4NO/c1-2-13(6-5-12(20)19-13)8-9-3-4-10(15)7-11(9)14(16,17)18/h3-4,7H,2,5-6,8H2,1H3,(H,19,20). The van der Waals surface area contributed by atoms with Crippen LogP contribution < -0.4 is 5.32 Å². The zero-order valence-corrected chi connectivity index (χ0v) is 11.0. The first-order valence-electron chi connectivity index (χ1n) is 6.42. The predicted molar refractivity (Wildman–Crippen MR) is 65.5 cm³/mol. The minimum atomic E-state index is -4.60. The van der Waals surface area contributed by atoms with Gasteiger partial charge in [-0.1, -0.05) is 13.0 Å². The molecule has 1 atom stereocenters. The van der Waals surface area contributed by atoms with Crippen molar-refractivity contribution in [3.05, 3.63) is 35.1 Å². The van der Waals surface area contributed by atoms with Crippen molar-refractivity contribution in [1.29, 1.82) is 0 Å². The summed E-state index contributed by atoms with van der Waals surface area (Å²) in [6, 6.07) is 2.68. The smallest absolute Gasteiger partial charge is 0.350 e. The van der Waals surface area contributed by atoms with Gasteiger partial charge in [0.05, 0.1) is 5.56 Å². The summed E-state index contributed by atoms with van der Waals surface area (Å²) in [5.41, 5.74) is -1.61. The summed E-state index contributed by atoms with van der Waals surface area (Å²) in [6.45, 7) is 1.82. The summed E-state index contributed by atoms with van der Waals surface area (Å²) in [6.07, 6.45) is -3.19. The summed E-state index contributed by atoms with van der Waals surface area (Å²) in [7, 11) is 0. The quantitative estimate of drug-likeness (QED) is 0.848. The van der Waals surface area contributed by atoms with Crippen molar-refractivity contribution in [1.82, 2.24) is 5.32 Å². The van der Waals surface area contributed by atoms with E-state index in [0.29, 0.717) is 25.3 Å². The largest absolute Gasteiger partial charge is 0.416 e. The predicted octanol–water partition coefficient (Wildman–Crippen LogP) is 3.45. The first-order valence-corrected chi connectivity index (χ1v) is 6.42. The van der Waals surface area contributed by atoms with E-state index in [9.17, 15) is 22.4 Å². The molecule has 20 heavy (non-hydrogen) atoms. The first-order chi connectivity index (χ1) is 9.26. The van der Waals surface area contributed by atoms with Crippen LogP contribution in [-0.2, 0) is 17.4 Å². The maximum atomic E-state index is 13.1. The van der Waals surface area contributed by atoms with E-state index in [1.165, 1.54) is 0 Å². The van der Waals surface area contributed by atoms with Gasteiger partial charge in [-0.2, -0.15) is 13.2 Å². The average molecular weight is 289 g/mol. The Labute approximate surface area is 114 Å². The van der Waals surface area contributed by atoms with Crippen LogP contribution in [0.4, 0.5) is 17.6 Å². The van der Waals surface area contributed by atoms with E-state index in [1.807, 2.05) is 6.92 Å². The van der Waals surface area contributed by atoms with Crippen LogP contribution in [-0.4, -0.2) is 11.4 Å². The van der Waals surface area contributed by atoms with Crippen LogP contribution >= 0.6 is 0 Å². The molecule has 0 aliphatic carbocycles. The molecule has 1 amide bonds. The number of hydrogen-bond donors (Lipinski definition) is 1. The van der Waals surface area contributed by atoms with Gasteiger partial charge in [0.15, 0.2) is 0 Å². The highest BCUT2D eigenvalue weighted by Crippen LogP contribution is 2.36. The van der Waals surface area contributed by atoms with E-state index in [0.717, 1.165) is 12.1 Å². The van der Waals surface area contributed by atoms with Crippen molar-refractivity contribution >= 4 is 5.91 Å². The second-order valence-electron chi connectivity index (χ2n) is 5.16. The molecule has 1 aromatic rings. The van der Waals surface area contributed by atoms with Gasteiger partial charge in [0.25, 0.3) is 0 Å². The molecule has 0 bridgehead atoms. The molecule has 2 nitrogen and oxygen atoms in total. The van der Waals surface area contributed by atoms with Crippen LogP contribution in [0.25, 0.3) is 0 Å². The fraction of sp³-hybridized carbons (Fsp3) is 0.500. The lowest BCUT2D eigenvalue weighted by molar-refractivity contribution is -0.138. The molecule has 1 N–H and O–H groups in total. The zero-order valence-electron chi connectivity index (χ0n) is 11.0. The van der Waals surface area contributed by atoms with Gasteiger partial charge in [-0.05, 0) is 37.0 Å². The summed E-state index contributed by atoms with van der Waals surface area (Å²) in [5, 5.41) is 2.76. The highest BCUT2D eigenvalue weighted by Gasteiger charge is 2.40.